The van der Waals surface area contributed by atoms with Gasteiger partial charge in [0.2, 0.25) is 0 Å². The lowest BCUT2D eigenvalue weighted by Gasteiger charge is -2.38. The van der Waals surface area contributed by atoms with Crippen molar-refractivity contribution >= 4 is 16.1 Å². The Balaban J connectivity index is 1.63. The van der Waals surface area contributed by atoms with Gasteiger partial charge in [-0.1, -0.05) is 31.4 Å². The summed E-state index contributed by atoms with van der Waals surface area (Å²) in [7, 11) is -0.253. The summed E-state index contributed by atoms with van der Waals surface area (Å²) in [4.78, 5) is 14.5. The van der Waals surface area contributed by atoms with Crippen molar-refractivity contribution in [3.8, 4) is 5.75 Å². The number of nitrogens with zero attached hydrogens (tertiary/aromatic N) is 3. The number of hydrogen-bond acceptors (Lipinski definition) is 4. The number of piperazine rings is 1. The van der Waals surface area contributed by atoms with Gasteiger partial charge in [0.05, 0.1) is 12.7 Å². The normalized spacial score (nSPS) is 20.0. The minimum absolute atomic E-state index is 0.0944. The summed E-state index contributed by atoms with van der Waals surface area (Å²) in [5.74, 6) is 0.416. The molecule has 150 valence electrons. The number of rotatable bonds is 5. The first-order valence-corrected chi connectivity index (χ1v) is 11.0. The molecule has 0 radical (unpaired) electrons. The second kappa shape index (κ2) is 8.58. The van der Waals surface area contributed by atoms with Gasteiger partial charge < -0.3 is 9.64 Å². The predicted molar refractivity (Wildman–Crippen MR) is 104 cm³/mol. The van der Waals surface area contributed by atoms with E-state index in [1.807, 2.05) is 6.07 Å². The van der Waals surface area contributed by atoms with Crippen LogP contribution in [-0.4, -0.2) is 74.2 Å². The molecule has 8 heteroatoms. The molecule has 1 heterocycles. The number of para-hydroxylation sites is 1. The molecule has 1 aliphatic carbocycles. The summed E-state index contributed by atoms with van der Waals surface area (Å²) in [6.45, 7) is 1.41. The molecule has 0 N–H and O–H groups in total. The van der Waals surface area contributed by atoms with E-state index in [1.165, 1.54) is 17.8 Å². The standard InChI is InChI=1S/C19H29N3O4S/c1-20(16-8-4-3-5-9-16)27(24,25)22-14-12-21(13-15-22)19(23)17-10-6-7-11-18(17)26-2/h6-7,10-11,16H,3-5,8-9,12-15H2,1-2H3. The zero-order valence-corrected chi connectivity index (χ0v) is 17.0. The molecular weight excluding hydrogens is 366 g/mol. The van der Waals surface area contributed by atoms with Crippen molar-refractivity contribution in [1.29, 1.82) is 0 Å². The van der Waals surface area contributed by atoms with Crippen LogP contribution in [0.3, 0.4) is 0 Å². The van der Waals surface area contributed by atoms with Crippen LogP contribution in [0.5, 0.6) is 5.75 Å². The van der Waals surface area contributed by atoms with Gasteiger partial charge in [0, 0.05) is 39.3 Å². The topological polar surface area (TPSA) is 70.2 Å². The number of ether oxygens (including phenoxy) is 1. The third-order valence-corrected chi connectivity index (χ3v) is 7.69. The van der Waals surface area contributed by atoms with Crippen LogP contribution in [0.2, 0.25) is 0 Å². The van der Waals surface area contributed by atoms with E-state index in [4.69, 9.17) is 4.74 Å². The molecule has 1 saturated heterocycles. The van der Waals surface area contributed by atoms with Crippen molar-refractivity contribution in [3.05, 3.63) is 29.8 Å². The Bertz CT molecular complexity index is 754. The zero-order chi connectivity index (χ0) is 19.4. The molecule has 3 rings (SSSR count). The average molecular weight is 396 g/mol. The Morgan fingerprint density at radius 1 is 1.07 bits per heavy atom. The second-order valence-corrected chi connectivity index (χ2v) is 9.20. The molecule has 2 aliphatic rings. The van der Waals surface area contributed by atoms with E-state index >= 15 is 0 Å². The molecular formula is C19H29N3O4S. The largest absolute Gasteiger partial charge is 0.496 e. The Kier molecular flexibility index (Phi) is 6.39. The number of carbonyl (C=O) groups is 1. The van der Waals surface area contributed by atoms with Crippen molar-refractivity contribution in [2.45, 2.75) is 38.1 Å². The molecule has 0 unspecified atom stereocenters. The van der Waals surface area contributed by atoms with Crippen LogP contribution in [0.25, 0.3) is 0 Å². The van der Waals surface area contributed by atoms with Crippen LogP contribution >= 0.6 is 0 Å². The van der Waals surface area contributed by atoms with Gasteiger partial charge in [-0.15, -0.1) is 0 Å². The molecule has 2 fully saturated rings. The van der Waals surface area contributed by atoms with Crippen LogP contribution in [0.4, 0.5) is 0 Å². The van der Waals surface area contributed by atoms with Gasteiger partial charge in [-0.25, -0.2) is 0 Å². The summed E-state index contributed by atoms with van der Waals surface area (Å²) < 4.78 is 34.2. The molecule has 1 aliphatic heterocycles. The zero-order valence-electron chi connectivity index (χ0n) is 16.1. The predicted octanol–water partition coefficient (Wildman–Crippen LogP) is 1.96. The summed E-state index contributed by atoms with van der Waals surface area (Å²) in [6, 6.07) is 7.21. The van der Waals surface area contributed by atoms with Crippen LogP contribution < -0.4 is 4.74 Å². The fourth-order valence-corrected chi connectivity index (χ4v) is 5.51. The highest BCUT2D eigenvalue weighted by atomic mass is 32.2. The van der Waals surface area contributed by atoms with E-state index in [0.29, 0.717) is 37.5 Å². The van der Waals surface area contributed by atoms with E-state index in [-0.39, 0.29) is 11.9 Å². The maximum Gasteiger partial charge on any atom is 0.282 e. The fourth-order valence-electron chi connectivity index (χ4n) is 3.93. The Labute approximate surface area is 162 Å². The molecule has 1 aromatic rings. The molecule has 7 nitrogen and oxygen atoms in total. The molecule has 1 saturated carbocycles. The number of methoxy groups -OCH3 is 1. The van der Waals surface area contributed by atoms with E-state index in [0.717, 1.165) is 25.7 Å². The molecule has 0 atom stereocenters. The van der Waals surface area contributed by atoms with Gasteiger partial charge >= 0.3 is 0 Å². The minimum Gasteiger partial charge on any atom is -0.496 e. The Morgan fingerprint density at radius 3 is 2.33 bits per heavy atom. The number of benzene rings is 1. The Morgan fingerprint density at radius 2 is 1.70 bits per heavy atom. The first-order chi connectivity index (χ1) is 12.9. The first kappa shape index (κ1) is 20.1. The summed E-state index contributed by atoms with van der Waals surface area (Å²) >= 11 is 0. The van der Waals surface area contributed by atoms with Gasteiger partial charge in [0.1, 0.15) is 5.75 Å². The smallest absolute Gasteiger partial charge is 0.282 e. The molecule has 0 aromatic heterocycles. The maximum absolute atomic E-state index is 13.0. The van der Waals surface area contributed by atoms with Crippen LogP contribution in [0.15, 0.2) is 24.3 Å². The number of carbonyl (C=O) groups excluding carboxylic acids is 1. The third kappa shape index (κ3) is 4.28. The van der Waals surface area contributed by atoms with E-state index < -0.39 is 10.2 Å². The SMILES string of the molecule is COc1ccccc1C(=O)N1CCN(S(=O)(=O)N(C)C2CCCCC2)CC1. The lowest BCUT2D eigenvalue weighted by molar-refractivity contribution is 0.0689. The Hall–Kier alpha value is -1.64. The van der Waals surface area contributed by atoms with Crippen LogP contribution in [0, 0.1) is 0 Å². The van der Waals surface area contributed by atoms with Gasteiger partial charge in [-0.2, -0.15) is 17.0 Å². The highest BCUT2D eigenvalue weighted by Gasteiger charge is 2.35. The fraction of sp³-hybridized carbons (Fsp3) is 0.632. The quantitative estimate of drug-likeness (QED) is 0.764. The van der Waals surface area contributed by atoms with Crippen molar-refractivity contribution in [2.24, 2.45) is 0 Å². The van der Waals surface area contributed by atoms with E-state index in [1.54, 1.807) is 34.5 Å². The van der Waals surface area contributed by atoms with Crippen LogP contribution in [0.1, 0.15) is 42.5 Å². The molecule has 1 amide bonds. The highest BCUT2D eigenvalue weighted by molar-refractivity contribution is 7.86. The van der Waals surface area contributed by atoms with Gasteiger partial charge in [0.15, 0.2) is 0 Å². The van der Waals surface area contributed by atoms with E-state index in [2.05, 4.69) is 0 Å². The average Bonchev–Trinajstić information content (AvgIpc) is 2.73. The molecule has 0 bridgehead atoms. The first-order valence-electron chi connectivity index (χ1n) is 9.60. The summed E-state index contributed by atoms with van der Waals surface area (Å²) in [5.41, 5.74) is 0.510. The monoisotopic (exact) mass is 395 g/mol. The minimum atomic E-state index is -3.48. The van der Waals surface area contributed by atoms with Crippen molar-refractivity contribution < 1.29 is 17.9 Å². The summed E-state index contributed by atoms with van der Waals surface area (Å²) in [6.07, 6.45) is 5.23. The lowest BCUT2D eigenvalue weighted by Crippen LogP contribution is -2.55. The van der Waals surface area contributed by atoms with Gasteiger partial charge in [0.25, 0.3) is 16.1 Å². The van der Waals surface area contributed by atoms with Gasteiger partial charge in [-0.05, 0) is 25.0 Å². The van der Waals surface area contributed by atoms with Crippen LogP contribution in [-0.2, 0) is 10.2 Å². The number of hydrogen-bond donors (Lipinski definition) is 0. The molecule has 27 heavy (non-hydrogen) atoms. The van der Waals surface area contributed by atoms with E-state index in [9.17, 15) is 13.2 Å². The number of amides is 1. The maximum atomic E-state index is 13.0. The molecule has 0 spiro atoms. The third-order valence-electron chi connectivity index (χ3n) is 5.64. The lowest BCUT2D eigenvalue weighted by atomic mass is 9.96. The van der Waals surface area contributed by atoms with Crippen molar-refractivity contribution in [1.82, 2.24) is 13.5 Å². The van der Waals surface area contributed by atoms with Crippen molar-refractivity contribution in [3.63, 3.8) is 0 Å². The van der Waals surface area contributed by atoms with Gasteiger partial charge in [-0.3, -0.25) is 4.79 Å². The van der Waals surface area contributed by atoms with Crippen molar-refractivity contribution in [2.75, 3.05) is 40.3 Å². The molecule has 1 aromatic carbocycles. The highest BCUT2D eigenvalue weighted by Crippen LogP contribution is 2.26. The summed E-state index contributed by atoms with van der Waals surface area (Å²) in [5, 5.41) is 0. The second-order valence-electron chi connectivity index (χ2n) is 7.21.